The van der Waals surface area contributed by atoms with Gasteiger partial charge in [-0.3, -0.25) is 14.5 Å². The molecule has 0 aliphatic carbocycles. The van der Waals surface area contributed by atoms with Crippen molar-refractivity contribution in [2.45, 2.75) is 58.0 Å². The van der Waals surface area contributed by atoms with Gasteiger partial charge in [0.15, 0.2) is 11.5 Å². The number of carboxylic acid groups (broad SMARTS) is 1. The van der Waals surface area contributed by atoms with E-state index < -0.39 is 24.0 Å². The van der Waals surface area contributed by atoms with E-state index >= 15 is 0 Å². The maximum absolute atomic E-state index is 13.7. The number of amides is 2. The molecule has 36 heavy (non-hydrogen) atoms. The second-order valence-corrected chi connectivity index (χ2v) is 8.76. The number of likely N-dealkylation sites (tertiary alicyclic amines) is 1. The number of methoxy groups -OCH3 is 1. The molecule has 2 atom stereocenters. The summed E-state index contributed by atoms with van der Waals surface area (Å²) in [5, 5.41) is 19.2. The highest BCUT2D eigenvalue weighted by molar-refractivity contribution is 6.03. The van der Waals surface area contributed by atoms with Crippen LogP contribution < -0.4 is 14.4 Å². The van der Waals surface area contributed by atoms with Gasteiger partial charge >= 0.3 is 5.97 Å². The fraction of sp³-hybridized carbons (Fsp3) is 0.444. The average Bonchev–Trinajstić information content (AvgIpc) is 3.36. The number of aryl methyl sites for hydroxylation is 1. The molecule has 2 aromatic carbocycles. The molecule has 1 saturated heterocycles. The molecule has 1 aliphatic rings. The van der Waals surface area contributed by atoms with Crippen LogP contribution in [0.1, 0.15) is 45.1 Å². The summed E-state index contributed by atoms with van der Waals surface area (Å²) >= 11 is 0. The number of hydrogen-bond acceptors (Lipinski definition) is 6. The molecule has 1 fully saturated rings. The molecule has 0 aromatic heterocycles. The lowest BCUT2D eigenvalue weighted by molar-refractivity contribution is -0.141. The van der Waals surface area contributed by atoms with E-state index in [0.717, 1.165) is 5.56 Å². The van der Waals surface area contributed by atoms with E-state index in [1.807, 2.05) is 19.1 Å². The van der Waals surface area contributed by atoms with Crippen molar-refractivity contribution in [2.75, 3.05) is 25.2 Å². The summed E-state index contributed by atoms with van der Waals surface area (Å²) in [5.74, 6) is -0.638. The lowest BCUT2D eigenvalue weighted by atomic mass is 10.1. The quantitative estimate of drug-likeness (QED) is 0.486. The minimum atomic E-state index is -1.15. The zero-order chi connectivity index (χ0) is 26.2. The van der Waals surface area contributed by atoms with Gasteiger partial charge in [-0.15, -0.1) is 0 Å². The summed E-state index contributed by atoms with van der Waals surface area (Å²) < 4.78 is 10.9. The van der Waals surface area contributed by atoms with E-state index in [9.17, 15) is 24.6 Å². The van der Waals surface area contributed by atoms with E-state index in [1.165, 1.54) is 18.9 Å². The molecular formula is C27H34N2O7. The predicted octanol–water partition coefficient (Wildman–Crippen LogP) is 3.62. The van der Waals surface area contributed by atoms with Gasteiger partial charge in [-0.25, -0.2) is 4.79 Å². The van der Waals surface area contributed by atoms with Crippen molar-refractivity contribution in [1.29, 1.82) is 0 Å². The van der Waals surface area contributed by atoms with Gasteiger partial charge in [-0.1, -0.05) is 12.1 Å². The Kier molecular flexibility index (Phi) is 9.16. The SMILES string of the molecule is CCOc1ccc(N(C(=O)[C@@H]2CCCN2C(=O)CCCc2ccc(O)cc2)[C@@H](C)C(=O)O)cc1OC. The number of anilines is 1. The number of ether oxygens (including phenoxy) is 2. The third-order valence-corrected chi connectivity index (χ3v) is 6.36. The molecule has 194 valence electrons. The molecule has 9 heteroatoms. The molecule has 3 rings (SSSR count). The normalized spacial score (nSPS) is 15.9. The fourth-order valence-corrected chi connectivity index (χ4v) is 4.47. The Hall–Kier alpha value is -3.75. The number of phenols is 1. The standard InChI is InChI=1S/C27H34N2O7/c1-4-36-23-15-12-20(17-24(23)35-3)29(18(2)27(33)34)26(32)22-8-6-16-28(22)25(31)9-5-7-19-10-13-21(30)14-11-19/h10-15,17-18,22,30H,4-9,16H2,1-3H3,(H,33,34)/t18-,22-/m0/s1. The highest BCUT2D eigenvalue weighted by atomic mass is 16.5. The number of rotatable bonds is 11. The third kappa shape index (κ3) is 6.27. The highest BCUT2D eigenvalue weighted by Crippen LogP contribution is 2.34. The molecule has 1 aliphatic heterocycles. The zero-order valence-electron chi connectivity index (χ0n) is 21.0. The number of phenolic OH excluding ortho intramolecular Hbond substituents is 1. The van der Waals surface area contributed by atoms with Gasteiger partial charge < -0.3 is 24.6 Å². The van der Waals surface area contributed by atoms with Crippen molar-refractivity contribution >= 4 is 23.5 Å². The summed E-state index contributed by atoms with van der Waals surface area (Å²) in [6.45, 7) is 4.17. The molecule has 2 aromatic rings. The van der Waals surface area contributed by atoms with Crippen LogP contribution in [0.15, 0.2) is 42.5 Å². The van der Waals surface area contributed by atoms with Crippen LogP contribution in [-0.2, 0) is 20.8 Å². The van der Waals surface area contributed by atoms with Crippen molar-refractivity contribution in [1.82, 2.24) is 4.90 Å². The van der Waals surface area contributed by atoms with E-state index in [1.54, 1.807) is 35.2 Å². The predicted molar refractivity (Wildman–Crippen MR) is 135 cm³/mol. The Morgan fingerprint density at radius 3 is 2.50 bits per heavy atom. The number of hydrogen-bond donors (Lipinski definition) is 2. The lowest BCUT2D eigenvalue weighted by Gasteiger charge is -2.33. The number of nitrogens with zero attached hydrogens (tertiary/aromatic N) is 2. The minimum Gasteiger partial charge on any atom is -0.508 e. The molecule has 1 heterocycles. The van der Waals surface area contributed by atoms with Gasteiger partial charge in [0.25, 0.3) is 5.91 Å². The molecule has 2 N–H and O–H groups in total. The molecule has 9 nitrogen and oxygen atoms in total. The Morgan fingerprint density at radius 1 is 1.14 bits per heavy atom. The van der Waals surface area contributed by atoms with Crippen molar-refractivity contribution in [2.24, 2.45) is 0 Å². The van der Waals surface area contributed by atoms with Gasteiger partial charge in [0.2, 0.25) is 5.91 Å². The zero-order valence-corrected chi connectivity index (χ0v) is 21.0. The topological polar surface area (TPSA) is 117 Å². The number of carboxylic acids is 1. The molecule has 0 saturated carbocycles. The van der Waals surface area contributed by atoms with Crippen LogP contribution >= 0.6 is 0 Å². The van der Waals surface area contributed by atoms with Crippen LogP contribution in [0.25, 0.3) is 0 Å². The Balaban J connectivity index is 1.77. The van der Waals surface area contributed by atoms with Gasteiger partial charge in [0.1, 0.15) is 17.8 Å². The smallest absolute Gasteiger partial charge is 0.326 e. The van der Waals surface area contributed by atoms with E-state index in [4.69, 9.17) is 9.47 Å². The lowest BCUT2D eigenvalue weighted by Crippen LogP contribution is -2.52. The summed E-state index contributed by atoms with van der Waals surface area (Å²) in [4.78, 5) is 41.5. The van der Waals surface area contributed by atoms with Crippen molar-refractivity contribution in [3.05, 3.63) is 48.0 Å². The molecular weight excluding hydrogens is 464 g/mol. The summed E-state index contributed by atoms with van der Waals surface area (Å²) in [6.07, 6.45) is 2.69. The summed E-state index contributed by atoms with van der Waals surface area (Å²) in [7, 11) is 1.48. The maximum atomic E-state index is 13.7. The van der Waals surface area contributed by atoms with Crippen LogP contribution in [0.4, 0.5) is 5.69 Å². The van der Waals surface area contributed by atoms with Crippen LogP contribution in [0, 0.1) is 0 Å². The van der Waals surface area contributed by atoms with Crippen molar-refractivity contribution < 1.29 is 34.1 Å². The van der Waals surface area contributed by atoms with Crippen molar-refractivity contribution in [3.8, 4) is 17.2 Å². The number of aliphatic carboxylic acids is 1. The highest BCUT2D eigenvalue weighted by Gasteiger charge is 2.39. The first-order valence-corrected chi connectivity index (χ1v) is 12.2. The van der Waals surface area contributed by atoms with Gasteiger partial charge in [0.05, 0.1) is 13.7 Å². The number of aromatic hydroxyl groups is 1. The number of carbonyl (C=O) groups is 3. The van der Waals surface area contributed by atoms with Crippen LogP contribution in [0.2, 0.25) is 0 Å². The first-order valence-electron chi connectivity index (χ1n) is 12.2. The average molecular weight is 499 g/mol. The van der Waals surface area contributed by atoms with E-state index in [2.05, 4.69) is 0 Å². The Morgan fingerprint density at radius 2 is 1.86 bits per heavy atom. The maximum Gasteiger partial charge on any atom is 0.326 e. The molecule has 2 amide bonds. The monoisotopic (exact) mass is 498 g/mol. The minimum absolute atomic E-state index is 0.128. The molecule has 0 bridgehead atoms. The fourth-order valence-electron chi connectivity index (χ4n) is 4.47. The van der Waals surface area contributed by atoms with Gasteiger partial charge in [-0.05, 0) is 69.4 Å². The van der Waals surface area contributed by atoms with Crippen LogP contribution in [0.5, 0.6) is 17.2 Å². The van der Waals surface area contributed by atoms with Crippen LogP contribution in [-0.4, -0.2) is 65.2 Å². The summed E-state index contributed by atoms with van der Waals surface area (Å²) in [6, 6.07) is 9.84. The first kappa shape index (κ1) is 26.8. The van der Waals surface area contributed by atoms with Gasteiger partial charge in [0, 0.05) is 24.7 Å². The van der Waals surface area contributed by atoms with E-state index in [-0.39, 0.29) is 18.1 Å². The first-order chi connectivity index (χ1) is 17.3. The Bertz CT molecular complexity index is 1070. The summed E-state index contributed by atoms with van der Waals surface area (Å²) in [5.41, 5.74) is 1.38. The second kappa shape index (κ2) is 12.3. The third-order valence-electron chi connectivity index (χ3n) is 6.36. The second-order valence-electron chi connectivity index (χ2n) is 8.76. The van der Waals surface area contributed by atoms with Crippen LogP contribution in [0.3, 0.4) is 0 Å². The van der Waals surface area contributed by atoms with E-state index in [0.29, 0.717) is 56.0 Å². The molecule has 0 unspecified atom stereocenters. The molecule has 0 radical (unpaired) electrons. The molecule has 0 spiro atoms. The Labute approximate surface area is 211 Å². The number of carbonyl (C=O) groups excluding carboxylic acids is 2. The number of benzene rings is 2. The largest absolute Gasteiger partial charge is 0.508 e. The van der Waals surface area contributed by atoms with Crippen molar-refractivity contribution in [3.63, 3.8) is 0 Å². The van der Waals surface area contributed by atoms with Gasteiger partial charge in [-0.2, -0.15) is 0 Å².